The van der Waals surface area contributed by atoms with Gasteiger partial charge in [0.15, 0.2) is 0 Å². The van der Waals surface area contributed by atoms with E-state index < -0.39 is 0 Å². The first-order valence-corrected chi connectivity index (χ1v) is 10.4. The monoisotopic (exact) mass is 373 g/mol. The van der Waals surface area contributed by atoms with Crippen molar-refractivity contribution >= 4 is 17.2 Å². The Morgan fingerprint density at radius 1 is 1.31 bits per heavy atom. The van der Waals surface area contributed by atoms with Gasteiger partial charge in [-0.2, -0.15) is 5.10 Å². The van der Waals surface area contributed by atoms with Crippen molar-refractivity contribution in [3.63, 3.8) is 0 Å². The summed E-state index contributed by atoms with van der Waals surface area (Å²) in [6.45, 7) is 4.99. The predicted octanol–water partition coefficient (Wildman–Crippen LogP) is 2.73. The minimum atomic E-state index is 0.283. The number of hydrogen-bond acceptors (Lipinski definition) is 5. The number of likely N-dealkylation sites (tertiary alicyclic amines) is 1. The van der Waals surface area contributed by atoms with E-state index in [2.05, 4.69) is 26.4 Å². The third-order valence-electron chi connectivity index (χ3n) is 5.75. The second-order valence-electron chi connectivity index (χ2n) is 7.60. The maximum atomic E-state index is 12.1. The van der Waals surface area contributed by atoms with Crippen molar-refractivity contribution in [2.24, 2.45) is 13.0 Å². The minimum absolute atomic E-state index is 0.283. The summed E-state index contributed by atoms with van der Waals surface area (Å²) in [5.41, 5.74) is 5.17. The molecule has 2 aromatic rings. The smallest absolute Gasteiger partial charge is 0.223 e. The number of carbonyl (C=O) groups is 1. The molecule has 2 fully saturated rings. The highest BCUT2D eigenvalue weighted by molar-refractivity contribution is 7.13. The second kappa shape index (κ2) is 7.48. The van der Waals surface area contributed by atoms with Crippen LogP contribution in [0.2, 0.25) is 0 Å². The van der Waals surface area contributed by atoms with Gasteiger partial charge >= 0.3 is 0 Å². The summed E-state index contributed by atoms with van der Waals surface area (Å²) in [6.07, 6.45) is 5.44. The zero-order valence-corrected chi connectivity index (χ0v) is 16.4. The van der Waals surface area contributed by atoms with Crippen LogP contribution in [0.1, 0.15) is 43.5 Å². The maximum Gasteiger partial charge on any atom is 0.223 e. The quantitative estimate of drug-likeness (QED) is 0.875. The fourth-order valence-electron chi connectivity index (χ4n) is 3.77. The van der Waals surface area contributed by atoms with Crippen molar-refractivity contribution in [2.45, 2.75) is 51.6 Å². The highest BCUT2D eigenvalue weighted by Gasteiger charge is 2.28. The first-order chi connectivity index (χ1) is 12.6. The molecule has 6 nitrogen and oxygen atoms in total. The molecule has 1 amide bonds. The normalized spacial score (nSPS) is 19.5. The molecular formula is C19H27N5OS. The number of amides is 1. The Kier molecular flexibility index (Phi) is 5.09. The van der Waals surface area contributed by atoms with E-state index in [1.54, 1.807) is 11.3 Å². The molecule has 0 unspecified atom stereocenters. The molecule has 0 radical (unpaired) electrons. The first kappa shape index (κ1) is 17.7. The molecular weight excluding hydrogens is 346 g/mol. The second-order valence-corrected chi connectivity index (χ2v) is 8.45. The van der Waals surface area contributed by atoms with Crippen molar-refractivity contribution in [1.82, 2.24) is 25.0 Å². The molecule has 7 heteroatoms. The third-order valence-corrected chi connectivity index (χ3v) is 6.70. The lowest BCUT2D eigenvalue weighted by Crippen LogP contribution is -2.47. The van der Waals surface area contributed by atoms with Gasteiger partial charge in [-0.25, -0.2) is 4.98 Å². The standard InChI is InChI=1S/C19H27N5OS/c1-13-18(26-12-20-13)17-10-16(23(2)22-17)11-24-8-6-15(7-9-24)21-19(25)14-4-3-5-14/h10,12,14-15H,3-9,11H2,1-2H3,(H,21,25). The van der Waals surface area contributed by atoms with E-state index in [1.807, 2.05) is 24.2 Å². The van der Waals surface area contributed by atoms with E-state index >= 15 is 0 Å². The first-order valence-electron chi connectivity index (χ1n) is 9.56. The molecule has 4 rings (SSSR count). The van der Waals surface area contributed by atoms with Gasteiger partial charge in [0.1, 0.15) is 5.69 Å². The Hall–Kier alpha value is -1.73. The summed E-state index contributed by atoms with van der Waals surface area (Å²) in [6, 6.07) is 2.53. The van der Waals surface area contributed by atoms with Crippen LogP contribution in [0.5, 0.6) is 0 Å². The number of carbonyl (C=O) groups excluding carboxylic acids is 1. The Morgan fingerprint density at radius 3 is 2.69 bits per heavy atom. The number of hydrogen-bond donors (Lipinski definition) is 1. The summed E-state index contributed by atoms with van der Waals surface area (Å²) in [5, 5.41) is 7.93. The number of piperidine rings is 1. The van der Waals surface area contributed by atoms with Crippen LogP contribution < -0.4 is 5.32 Å². The van der Waals surface area contributed by atoms with Crippen LogP contribution in [0.15, 0.2) is 11.6 Å². The molecule has 2 aliphatic rings. The van der Waals surface area contributed by atoms with Gasteiger partial charge < -0.3 is 5.32 Å². The van der Waals surface area contributed by atoms with Gasteiger partial charge in [0, 0.05) is 38.6 Å². The average Bonchev–Trinajstić information content (AvgIpc) is 3.13. The molecule has 0 atom stereocenters. The predicted molar refractivity (Wildman–Crippen MR) is 103 cm³/mol. The third kappa shape index (κ3) is 3.69. The number of nitrogens with one attached hydrogen (secondary N) is 1. The van der Waals surface area contributed by atoms with Crippen molar-refractivity contribution < 1.29 is 4.79 Å². The van der Waals surface area contributed by atoms with Crippen molar-refractivity contribution in [2.75, 3.05) is 13.1 Å². The van der Waals surface area contributed by atoms with Crippen molar-refractivity contribution in [3.8, 4) is 10.6 Å². The van der Waals surface area contributed by atoms with E-state index in [-0.39, 0.29) is 11.8 Å². The van der Waals surface area contributed by atoms with Crippen LogP contribution in [0.4, 0.5) is 0 Å². The lowest BCUT2D eigenvalue weighted by molar-refractivity contribution is -0.128. The van der Waals surface area contributed by atoms with Crippen LogP contribution in [-0.2, 0) is 18.4 Å². The maximum absolute atomic E-state index is 12.1. The van der Waals surface area contributed by atoms with Crippen molar-refractivity contribution in [1.29, 1.82) is 0 Å². The zero-order valence-electron chi connectivity index (χ0n) is 15.6. The molecule has 1 aliphatic heterocycles. The topological polar surface area (TPSA) is 63.1 Å². The van der Waals surface area contributed by atoms with Gasteiger partial charge in [0.2, 0.25) is 5.91 Å². The number of rotatable bonds is 5. The van der Waals surface area contributed by atoms with Gasteiger partial charge in [-0.15, -0.1) is 11.3 Å². The zero-order chi connectivity index (χ0) is 18.1. The van der Waals surface area contributed by atoms with Crippen LogP contribution in [-0.4, -0.2) is 44.7 Å². The minimum Gasteiger partial charge on any atom is -0.353 e. The van der Waals surface area contributed by atoms with E-state index in [0.29, 0.717) is 6.04 Å². The molecule has 0 spiro atoms. The molecule has 0 bridgehead atoms. The van der Waals surface area contributed by atoms with Crippen LogP contribution in [0.3, 0.4) is 0 Å². The van der Waals surface area contributed by atoms with Crippen LogP contribution >= 0.6 is 11.3 Å². The number of thiazole rings is 1. The molecule has 1 N–H and O–H groups in total. The fourth-order valence-corrected chi connectivity index (χ4v) is 4.53. The Bertz CT molecular complexity index is 771. The largest absolute Gasteiger partial charge is 0.353 e. The summed E-state index contributed by atoms with van der Waals surface area (Å²) in [4.78, 5) is 20.1. The van der Waals surface area contributed by atoms with Gasteiger partial charge in [0.25, 0.3) is 0 Å². The molecule has 1 saturated heterocycles. The molecule has 26 heavy (non-hydrogen) atoms. The van der Waals surface area contributed by atoms with Crippen LogP contribution in [0.25, 0.3) is 10.6 Å². The molecule has 3 heterocycles. The Balaban J connectivity index is 1.31. The SMILES string of the molecule is Cc1ncsc1-c1cc(CN2CCC(NC(=O)C3CCC3)CC2)n(C)n1. The summed E-state index contributed by atoms with van der Waals surface area (Å²) >= 11 is 1.64. The molecule has 2 aromatic heterocycles. The number of nitrogens with zero attached hydrogens (tertiary/aromatic N) is 4. The van der Waals surface area contributed by atoms with Gasteiger partial charge in [-0.3, -0.25) is 14.4 Å². The van der Waals surface area contributed by atoms with E-state index in [1.165, 1.54) is 12.1 Å². The summed E-state index contributed by atoms with van der Waals surface area (Å²) < 4.78 is 1.99. The Morgan fingerprint density at radius 2 is 2.08 bits per heavy atom. The molecule has 140 valence electrons. The van der Waals surface area contributed by atoms with Crippen LogP contribution in [0, 0.1) is 12.8 Å². The van der Waals surface area contributed by atoms with Gasteiger partial charge in [-0.1, -0.05) is 6.42 Å². The van der Waals surface area contributed by atoms with Gasteiger partial charge in [0.05, 0.1) is 21.8 Å². The lowest BCUT2D eigenvalue weighted by Gasteiger charge is -2.34. The highest BCUT2D eigenvalue weighted by atomic mass is 32.1. The average molecular weight is 374 g/mol. The van der Waals surface area contributed by atoms with E-state index in [0.717, 1.165) is 61.6 Å². The highest BCUT2D eigenvalue weighted by Crippen LogP contribution is 2.28. The van der Waals surface area contributed by atoms with Crippen molar-refractivity contribution in [3.05, 3.63) is 23.0 Å². The number of aromatic nitrogens is 3. The lowest BCUT2D eigenvalue weighted by atomic mass is 9.84. The van der Waals surface area contributed by atoms with E-state index in [4.69, 9.17) is 0 Å². The molecule has 1 saturated carbocycles. The Labute approximate surface area is 158 Å². The molecule has 0 aromatic carbocycles. The van der Waals surface area contributed by atoms with Gasteiger partial charge in [-0.05, 0) is 38.7 Å². The van der Waals surface area contributed by atoms with E-state index in [9.17, 15) is 4.79 Å². The summed E-state index contributed by atoms with van der Waals surface area (Å²) in [7, 11) is 2.01. The molecule has 1 aliphatic carbocycles. The number of aryl methyl sites for hydroxylation is 2. The summed E-state index contributed by atoms with van der Waals surface area (Å²) in [5.74, 6) is 0.571. The fraction of sp³-hybridized carbons (Fsp3) is 0.632.